The second-order valence-electron chi connectivity index (χ2n) is 4.64. The van der Waals surface area contributed by atoms with Gasteiger partial charge in [-0.15, -0.1) is 0 Å². The Morgan fingerprint density at radius 1 is 1.38 bits per heavy atom. The molecule has 2 aromatic carbocycles. The molecule has 0 bridgehead atoms. The van der Waals surface area contributed by atoms with Gasteiger partial charge in [-0.2, -0.15) is 0 Å². The zero-order valence-corrected chi connectivity index (χ0v) is 12.1. The Balaban J connectivity index is 2.29. The highest BCUT2D eigenvalue weighted by atomic mass is 35.5. The molecule has 0 aliphatic carbocycles. The van der Waals surface area contributed by atoms with E-state index < -0.39 is 11.8 Å². The molecule has 0 heterocycles. The maximum Gasteiger partial charge on any atom is 0.335 e. The van der Waals surface area contributed by atoms with Gasteiger partial charge >= 0.3 is 5.97 Å². The number of carboxylic acids is 1. The Morgan fingerprint density at radius 2 is 2.10 bits per heavy atom. The summed E-state index contributed by atoms with van der Waals surface area (Å²) in [6.07, 6.45) is 0. The van der Waals surface area contributed by atoms with Gasteiger partial charge in [0.05, 0.1) is 16.9 Å². The molecule has 0 fully saturated rings. The lowest BCUT2D eigenvalue weighted by molar-refractivity contribution is 0.0697. The Bertz CT molecular complexity index is 671. The Hall–Kier alpha value is -2.27. The summed E-state index contributed by atoms with van der Waals surface area (Å²) in [6, 6.07) is 8.91. The number of halogens is 2. The summed E-state index contributed by atoms with van der Waals surface area (Å²) in [5, 5.41) is 9.25. The van der Waals surface area contributed by atoms with E-state index in [4.69, 9.17) is 22.4 Å². The molecule has 0 radical (unpaired) electrons. The fraction of sp³-hybridized carbons (Fsp3) is 0.133. The molecule has 0 aromatic heterocycles. The number of nitrogen functional groups attached to an aromatic ring is 1. The van der Waals surface area contributed by atoms with Gasteiger partial charge in [0.2, 0.25) is 0 Å². The molecule has 0 saturated carbocycles. The summed E-state index contributed by atoms with van der Waals surface area (Å²) in [6.45, 7) is 0.224. The highest BCUT2D eigenvalue weighted by Gasteiger charge is 2.13. The number of hydrogen-bond donors (Lipinski definition) is 2. The largest absolute Gasteiger partial charge is 0.478 e. The Labute approximate surface area is 126 Å². The van der Waals surface area contributed by atoms with Crippen LogP contribution in [0.2, 0.25) is 5.02 Å². The summed E-state index contributed by atoms with van der Waals surface area (Å²) < 4.78 is 13.8. The first-order valence-electron chi connectivity index (χ1n) is 6.17. The van der Waals surface area contributed by atoms with Crippen LogP contribution in [0.1, 0.15) is 15.9 Å². The molecule has 0 spiro atoms. The fourth-order valence-corrected chi connectivity index (χ4v) is 2.26. The molecule has 2 rings (SSSR count). The van der Waals surface area contributed by atoms with E-state index in [1.54, 1.807) is 24.1 Å². The molecule has 4 nitrogen and oxygen atoms in total. The van der Waals surface area contributed by atoms with Crippen molar-refractivity contribution in [2.24, 2.45) is 0 Å². The van der Waals surface area contributed by atoms with Crippen LogP contribution < -0.4 is 10.6 Å². The van der Waals surface area contributed by atoms with Gasteiger partial charge in [-0.3, -0.25) is 0 Å². The lowest BCUT2D eigenvalue weighted by Crippen LogP contribution is -2.19. The van der Waals surface area contributed by atoms with Crippen molar-refractivity contribution in [2.45, 2.75) is 6.54 Å². The Morgan fingerprint density at radius 3 is 2.67 bits per heavy atom. The first-order chi connectivity index (χ1) is 9.90. The van der Waals surface area contributed by atoms with E-state index in [1.165, 1.54) is 24.3 Å². The molecule has 3 N–H and O–H groups in total. The molecule has 0 aliphatic rings. The van der Waals surface area contributed by atoms with Crippen molar-refractivity contribution in [3.63, 3.8) is 0 Å². The van der Waals surface area contributed by atoms with Crippen LogP contribution in [0.15, 0.2) is 36.4 Å². The van der Waals surface area contributed by atoms with Crippen LogP contribution in [0, 0.1) is 5.82 Å². The number of nitrogens with zero attached hydrogens (tertiary/aromatic N) is 1. The predicted octanol–water partition coefficient (Wildman–Crippen LogP) is 3.40. The third-order valence-electron chi connectivity index (χ3n) is 3.14. The van der Waals surface area contributed by atoms with E-state index in [2.05, 4.69) is 0 Å². The molecule has 0 aliphatic heterocycles. The monoisotopic (exact) mass is 308 g/mol. The molecular formula is C15H14ClFN2O2. The van der Waals surface area contributed by atoms with Crippen molar-refractivity contribution in [3.8, 4) is 0 Å². The van der Waals surface area contributed by atoms with Crippen LogP contribution in [0.4, 0.5) is 15.8 Å². The van der Waals surface area contributed by atoms with Crippen LogP contribution in [-0.4, -0.2) is 18.1 Å². The first-order valence-corrected chi connectivity index (χ1v) is 6.54. The van der Waals surface area contributed by atoms with Gasteiger partial charge < -0.3 is 15.7 Å². The van der Waals surface area contributed by atoms with Crippen LogP contribution in [-0.2, 0) is 6.54 Å². The summed E-state index contributed by atoms with van der Waals surface area (Å²) in [5.74, 6) is -1.44. The second-order valence-corrected chi connectivity index (χ2v) is 5.04. The first kappa shape index (κ1) is 15.1. The maximum atomic E-state index is 13.8. The molecule has 0 atom stereocenters. The quantitative estimate of drug-likeness (QED) is 0.850. The maximum absolute atomic E-state index is 13.8. The summed E-state index contributed by atoms with van der Waals surface area (Å²) in [4.78, 5) is 12.6. The standard InChI is InChI=1S/C15H14ClFN2O2/c1-19(8-10-11(16)3-2-4-12(10)17)14-6-5-9(15(20)21)7-13(14)18/h2-7H,8,18H2,1H3,(H,20,21). The highest BCUT2D eigenvalue weighted by molar-refractivity contribution is 6.31. The number of benzene rings is 2. The lowest BCUT2D eigenvalue weighted by Gasteiger charge is -2.22. The average Bonchev–Trinajstić information content (AvgIpc) is 2.42. The summed E-state index contributed by atoms with van der Waals surface area (Å²) in [7, 11) is 1.73. The van der Waals surface area contributed by atoms with E-state index in [1.807, 2.05) is 0 Å². The topological polar surface area (TPSA) is 66.6 Å². The predicted molar refractivity (Wildman–Crippen MR) is 81.3 cm³/mol. The number of anilines is 2. The van der Waals surface area contributed by atoms with E-state index >= 15 is 0 Å². The molecule has 2 aromatic rings. The molecular weight excluding hydrogens is 295 g/mol. The summed E-state index contributed by atoms with van der Waals surface area (Å²) in [5.41, 5.74) is 7.25. The number of aromatic carboxylic acids is 1. The number of carbonyl (C=O) groups is 1. The minimum Gasteiger partial charge on any atom is -0.478 e. The molecule has 0 unspecified atom stereocenters. The van der Waals surface area contributed by atoms with E-state index in [9.17, 15) is 9.18 Å². The minimum absolute atomic E-state index is 0.105. The van der Waals surface area contributed by atoms with Crippen molar-refractivity contribution in [1.82, 2.24) is 0 Å². The van der Waals surface area contributed by atoms with Crippen molar-refractivity contribution in [2.75, 3.05) is 17.7 Å². The van der Waals surface area contributed by atoms with Crippen LogP contribution >= 0.6 is 11.6 Å². The van der Waals surface area contributed by atoms with Gasteiger partial charge in [0.15, 0.2) is 0 Å². The average molecular weight is 309 g/mol. The number of carboxylic acid groups (broad SMARTS) is 1. The van der Waals surface area contributed by atoms with Gasteiger partial charge in [-0.05, 0) is 30.3 Å². The molecule has 110 valence electrons. The highest BCUT2D eigenvalue weighted by Crippen LogP contribution is 2.27. The molecule has 0 amide bonds. The Kier molecular flexibility index (Phi) is 4.33. The smallest absolute Gasteiger partial charge is 0.335 e. The fourth-order valence-electron chi connectivity index (χ4n) is 2.04. The number of rotatable bonds is 4. The third-order valence-corrected chi connectivity index (χ3v) is 3.50. The molecule has 6 heteroatoms. The van der Waals surface area contributed by atoms with E-state index in [0.717, 1.165) is 0 Å². The number of hydrogen-bond acceptors (Lipinski definition) is 3. The molecule has 21 heavy (non-hydrogen) atoms. The van der Waals surface area contributed by atoms with Crippen LogP contribution in [0.5, 0.6) is 0 Å². The number of nitrogens with two attached hydrogens (primary N) is 1. The van der Waals surface area contributed by atoms with Gasteiger partial charge in [0, 0.05) is 24.2 Å². The van der Waals surface area contributed by atoms with Crippen molar-refractivity contribution >= 4 is 28.9 Å². The summed E-state index contributed by atoms with van der Waals surface area (Å²) >= 11 is 5.99. The van der Waals surface area contributed by atoms with Gasteiger partial charge in [0.1, 0.15) is 5.82 Å². The molecule has 0 saturated heterocycles. The normalized spacial score (nSPS) is 10.4. The van der Waals surface area contributed by atoms with Crippen molar-refractivity contribution in [3.05, 3.63) is 58.4 Å². The third kappa shape index (κ3) is 3.25. The van der Waals surface area contributed by atoms with E-state index in [-0.39, 0.29) is 12.1 Å². The van der Waals surface area contributed by atoms with Gasteiger partial charge in [-0.25, -0.2) is 9.18 Å². The second kappa shape index (κ2) is 6.01. The SMILES string of the molecule is CN(Cc1c(F)cccc1Cl)c1ccc(C(=O)O)cc1N. The van der Waals surface area contributed by atoms with Crippen molar-refractivity contribution < 1.29 is 14.3 Å². The van der Waals surface area contributed by atoms with Crippen LogP contribution in [0.3, 0.4) is 0 Å². The van der Waals surface area contributed by atoms with Crippen molar-refractivity contribution in [1.29, 1.82) is 0 Å². The zero-order valence-electron chi connectivity index (χ0n) is 11.3. The lowest BCUT2D eigenvalue weighted by atomic mass is 10.1. The van der Waals surface area contributed by atoms with Gasteiger partial charge in [0.25, 0.3) is 0 Å². The zero-order chi connectivity index (χ0) is 15.6. The van der Waals surface area contributed by atoms with Crippen LogP contribution in [0.25, 0.3) is 0 Å². The van der Waals surface area contributed by atoms with Gasteiger partial charge in [-0.1, -0.05) is 17.7 Å². The minimum atomic E-state index is -1.05. The van der Waals surface area contributed by atoms with E-state index in [0.29, 0.717) is 22.0 Å².